The molecule has 2 rings (SSSR count). The highest BCUT2D eigenvalue weighted by Crippen LogP contribution is 2.27. The predicted octanol–water partition coefficient (Wildman–Crippen LogP) is 0.718. The Balaban J connectivity index is 1.81. The maximum Gasteiger partial charge on any atom is 0.307 e. The molecule has 1 heterocycles. The van der Waals surface area contributed by atoms with E-state index in [1.807, 2.05) is 0 Å². The van der Waals surface area contributed by atoms with E-state index < -0.39 is 5.97 Å². The van der Waals surface area contributed by atoms with Gasteiger partial charge in [0.1, 0.15) is 0 Å². The largest absolute Gasteiger partial charge is 0.481 e. The van der Waals surface area contributed by atoms with E-state index in [0.29, 0.717) is 19.4 Å². The minimum atomic E-state index is -0.769. The summed E-state index contributed by atoms with van der Waals surface area (Å²) >= 11 is 0. The second-order valence-electron chi connectivity index (χ2n) is 5.75. The number of hydrogen-bond donors (Lipinski definition) is 3. The third kappa shape index (κ3) is 3.70. The highest BCUT2D eigenvalue weighted by molar-refractivity contribution is 5.79. The van der Waals surface area contributed by atoms with Crippen molar-refractivity contribution in [1.82, 2.24) is 10.6 Å². The van der Waals surface area contributed by atoms with Gasteiger partial charge in [0.2, 0.25) is 5.91 Å². The van der Waals surface area contributed by atoms with Gasteiger partial charge < -0.3 is 15.2 Å². The summed E-state index contributed by atoms with van der Waals surface area (Å²) in [5.41, 5.74) is 0. The van der Waals surface area contributed by atoms with E-state index in [1.165, 1.54) is 0 Å². The lowest BCUT2D eigenvalue weighted by Crippen LogP contribution is -2.54. The number of hydrogen-bond acceptors (Lipinski definition) is 4. The van der Waals surface area contributed by atoms with Gasteiger partial charge >= 0.3 is 5.97 Å². The molecule has 1 saturated heterocycles. The third-order valence-electron chi connectivity index (χ3n) is 4.42. The van der Waals surface area contributed by atoms with Crippen LogP contribution in [-0.4, -0.2) is 42.9 Å². The van der Waals surface area contributed by atoms with E-state index in [1.54, 1.807) is 7.11 Å². The Bertz CT molecular complexity index is 353. The Hall–Kier alpha value is -1.14. The summed E-state index contributed by atoms with van der Waals surface area (Å²) in [6.45, 7) is 0.415. The molecule has 0 aromatic heterocycles. The number of rotatable bonds is 4. The zero-order chi connectivity index (χ0) is 14.5. The van der Waals surface area contributed by atoms with Crippen molar-refractivity contribution in [1.29, 1.82) is 0 Å². The van der Waals surface area contributed by atoms with Crippen LogP contribution in [0.1, 0.15) is 38.5 Å². The molecule has 0 aromatic carbocycles. The van der Waals surface area contributed by atoms with Crippen LogP contribution in [0.5, 0.6) is 0 Å². The van der Waals surface area contributed by atoms with Crippen molar-refractivity contribution in [2.75, 3.05) is 13.7 Å². The standard InChI is InChI=1S/C14H24N2O4/c1-20-11-5-3-2-4-10(11)13(17)16-12-7-6-9(8-15-12)14(18)19/h9-12,15H,2-8H2,1H3,(H,16,17)(H,18,19). The lowest BCUT2D eigenvalue weighted by Gasteiger charge is -2.33. The SMILES string of the molecule is COC1CCCCC1C(=O)NC1CCC(C(=O)O)CN1. The zero-order valence-corrected chi connectivity index (χ0v) is 11.9. The second-order valence-corrected chi connectivity index (χ2v) is 5.75. The number of carbonyl (C=O) groups is 2. The van der Waals surface area contributed by atoms with Crippen molar-refractivity contribution < 1.29 is 19.4 Å². The van der Waals surface area contributed by atoms with Crippen molar-refractivity contribution >= 4 is 11.9 Å². The molecule has 0 aromatic rings. The first-order valence-corrected chi connectivity index (χ1v) is 7.41. The van der Waals surface area contributed by atoms with Crippen LogP contribution in [0.2, 0.25) is 0 Å². The lowest BCUT2D eigenvalue weighted by atomic mass is 9.85. The molecule has 0 spiro atoms. The van der Waals surface area contributed by atoms with E-state index in [0.717, 1.165) is 25.7 Å². The Morgan fingerprint density at radius 1 is 1.20 bits per heavy atom. The first-order valence-electron chi connectivity index (χ1n) is 7.41. The molecular weight excluding hydrogens is 260 g/mol. The van der Waals surface area contributed by atoms with E-state index in [2.05, 4.69) is 10.6 Å². The molecule has 2 fully saturated rings. The maximum absolute atomic E-state index is 12.3. The van der Waals surface area contributed by atoms with Gasteiger partial charge in [-0.25, -0.2) is 0 Å². The van der Waals surface area contributed by atoms with Crippen LogP contribution in [0, 0.1) is 11.8 Å². The summed E-state index contributed by atoms with van der Waals surface area (Å²) in [4.78, 5) is 23.2. The van der Waals surface area contributed by atoms with Gasteiger partial charge in [-0.05, 0) is 25.7 Å². The van der Waals surface area contributed by atoms with Gasteiger partial charge in [-0.3, -0.25) is 14.9 Å². The monoisotopic (exact) mass is 284 g/mol. The molecule has 0 radical (unpaired) electrons. The molecule has 1 saturated carbocycles. The summed E-state index contributed by atoms with van der Waals surface area (Å²) in [5.74, 6) is -1.16. The fourth-order valence-electron chi connectivity index (χ4n) is 3.15. The van der Waals surface area contributed by atoms with Crippen LogP contribution in [0.15, 0.2) is 0 Å². The average Bonchev–Trinajstić information content (AvgIpc) is 2.47. The average molecular weight is 284 g/mol. The molecule has 2 aliphatic rings. The molecule has 4 atom stereocenters. The van der Waals surface area contributed by atoms with Gasteiger partial charge in [0.05, 0.1) is 24.1 Å². The van der Waals surface area contributed by atoms with Crippen LogP contribution in [0.25, 0.3) is 0 Å². The number of carboxylic acids is 1. The van der Waals surface area contributed by atoms with Crippen LogP contribution in [-0.2, 0) is 14.3 Å². The smallest absolute Gasteiger partial charge is 0.307 e. The topological polar surface area (TPSA) is 87.7 Å². The summed E-state index contributed by atoms with van der Waals surface area (Å²) in [5, 5.41) is 15.0. The van der Waals surface area contributed by atoms with Crippen LogP contribution in [0.4, 0.5) is 0 Å². The quantitative estimate of drug-likeness (QED) is 0.708. The molecule has 4 unspecified atom stereocenters. The minimum absolute atomic E-state index is 0.0131. The molecule has 3 N–H and O–H groups in total. The van der Waals surface area contributed by atoms with Crippen LogP contribution >= 0.6 is 0 Å². The van der Waals surface area contributed by atoms with Gasteiger partial charge in [-0.2, -0.15) is 0 Å². The first-order chi connectivity index (χ1) is 9.61. The Morgan fingerprint density at radius 3 is 2.55 bits per heavy atom. The maximum atomic E-state index is 12.3. The molecule has 0 bridgehead atoms. The number of piperidine rings is 1. The van der Waals surface area contributed by atoms with E-state index in [-0.39, 0.29) is 30.0 Å². The molecule has 1 aliphatic heterocycles. The van der Waals surface area contributed by atoms with Gasteiger partial charge in [-0.1, -0.05) is 12.8 Å². The number of amides is 1. The Kier molecular flexibility index (Phi) is 5.37. The molecule has 6 heteroatoms. The van der Waals surface area contributed by atoms with E-state index >= 15 is 0 Å². The fourth-order valence-corrected chi connectivity index (χ4v) is 3.15. The zero-order valence-electron chi connectivity index (χ0n) is 11.9. The Morgan fingerprint density at radius 2 is 1.95 bits per heavy atom. The summed E-state index contributed by atoms with van der Waals surface area (Å²) in [6, 6.07) is 0. The van der Waals surface area contributed by atoms with Crippen molar-refractivity contribution in [2.45, 2.75) is 50.8 Å². The van der Waals surface area contributed by atoms with Crippen molar-refractivity contribution in [2.24, 2.45) is 11.8 Å². The number of carbonyl (C=O) groups excluding carboxylic acids is 1. The minimum Gasteiger partial charge on any atom is -0.481 e. The van der Waals surface area contributed by atoms with Gasteiger partial charge in [0, 0.05) is 13.7 Å². The highest BCUT2D eigenvalue weighted by Gasteiger charge is 2.33. The molecular formula is C14H24N2O4. The van der Waals surface area contributed by atoms with Gasteiger partial charge in [-0.15, -0.1) is 0 Å². The molecule has 20 heavy (non-hydrogen) atoms. The normalized spacial score (nSPS) is 34.5. The number of carboxylic acid groups (broad SMARTS) is 1. The summed E-state index contributed by atoms with van der Waals surface area (Å²) < 4.78 is 5.40. The highest BCUT2D eigenvalue weighted by atomic mass is 16.5. The number of methoxy groups -OCH3 is 1. The predicted molar refractivity (Wildman–Crippen MR) is 73.0 cm³/mol. The summed E-state index contributed by atoms with van der Waals surface area (Å²) in [7, 11) is 1.66. The van der Waals surface area contributed by atoms with E-state index in [4.69, 9.17) is 9.84 Å². The van der Waals surface area contributed by atoms with Crippen LogP contribution in [0.3, 0.4) is 0 Å². The fraction of sp³-hybridized carbons (Fsp3) is 0.857. The van der Waals surface area contributed by atoms with Gasteiger partial charge in [0.15, 0.2) is 0 Å². The van der Waals surface area contributed by atoms with Gasteiger partial charge in [0.25, 0.3) is 0 Å². The molecule has 1 amide bonds. The second kappa shape index (κ2) is 7.04. The Labute approximate surface area is 119 Å². The molecule has 114 valence electrons. The van der Waals surface area contributed by atoms with Crippen molar-refractivity contribution in [3.05, 3.63) is 0 Å². The van der Waals surface area contributed by atoms with Crippen molar-refractivity contribution in [3.8, 4) is 0 Å². The van der Waals surface area contributed by atoms with Crippen LogP contribution < -0.4 is 10.6 Å². The summed E-state index contributed by atoms with van der Waals surface area (Å²) in [6.07, 6.45) is 5.15. The molecule has 6 nitrogen and oxygen atoms in total. The first kappa shape index (κ1) is 15.3. The number of nitrogens with one attached hydrogen (secondary N) is 2. The lowest BCUT2D eigenvalue weighted by molar-refractivity contribution is -0.142. The number of ether oxygens (including phenoxy) is 1. The molecule has 1 aliphatic carbocycles. The number of aliphatic carboxylic acids is 1. The third-order valence-corrected chi connectivity index (χ3v) is 4.42. The van der Waals surface area contributed by atoms with E-state index in [9.17, 15) is 9.59 Å². The van der Waals surface area contributed by atoms with Crippen molar-refractivity contribution in [3.63, 3.8) is 0 Å².